The first-order chi connectivity index (χ1) is 10.6. The second kappa shape index (κ2) is 5.97. The van der Waals surface area contributed by atoms with Crippen LogP contribution in [0.15, 0.2) is 36.7 Å². The first kappa shape index (κ1) is 14.2. The molecule has 1 aromatic carbocycles. The highest BCUT2D eigenvalue weighted by atomic mass is 19.1. The molecule has 0 atom stereocenters. The second-order valence-corrected chi connectivity index (χ2v) is 4.99. The number of aromatic carboxylic acids is 1. The lowest BCUT2D eigenvalue weighted by molar-refractivity contribution is 0.0697. The summed E-state index contributed by atoms with van der Waals surface area (Å²) in [6, 6.07) is 5.61. The zero-order chi connectivity index (χ0) is 15.5. The van der Waals surface area contributed by atoms with E-state index in [1.165, 1.54) is 18.2 Å². The van der Waals surface area contributed by atoms with Gasteiger partial charge in [-0.15, -0.1) is 0 Å². The van der Waals surface area contributed by atoms with E-state index < -0.39 is 11.8 Å². The molecule has 0 spiro atoms. The molecule has 0 saturated carbocycles. The third kappa shape index (κ3) is 2.83. The van der Waals surface area contributed by atoms with Gasteiger partial charge in [-0.1, -0.05) is 0 Å². The van der Waals surface area contributed by atoms with Crippen molar-refractivity contribution >= 4 is 17.6 Å². The van der Waals surface area contributed by atoms with E-state index in [-0.39, 0.29) is 5.56 Å². The molecule has 2 heterocycles. The van der Waals surface area contributed by atoms with Crippen molar-refractivity contribution < 1.29 is 14.3 Å². The van der Waals surface area contributed by atoms with Gasteiger partial charge in [0.2, 0.25) is 5.95 Å². The van der Waals surface area contributed by atoms with Crippen LogP contribution in [0.1, 0.15) is 10.4 Å². The predicted molar refractivity (Wildman–Crippen MR) is 79.8 cm³/mol. The molecule has 1 fully saturated rings. The molecule has 114 valence electrons. The van der Waals surface area contributed by atoms with Crippen LogP contribution in [0.2, 0.25) is 0 Å². The Morgan fingerprint density at radius 3 is 2.36 bits per heavy atom. The minimum absolute atomic E-state index is 0.0882. The third-order valence-electron chi connectivity index (χ3n) is 3.65. The largest absolute Gasteiger partial charge is 0.478 e. The minimum atomic E-state index is -1.06. The summed E-state index contributed by atoms with van der Waals surface area (Å²) in [5.41, 5.74) is 0.416. The molecule has 1 saturated heterocycles. The van der Waals surface area contributed by atoms with E-state index in [2.05, 4.69) is 9.97 Å². The van der Waals surface area contributed by atoms with Crippen molar-refractivity contribution in [3.63, 3.8) is 0 Å². The number of nitrogens with zero attached hydrogens (tertiary/aromatic N) is 4. The smallest absolute Gasteiger partial charge is 0.335 e. The van der Waals surface area contributed by atoms with Crippen LogP contribution < -0.4 is 9.80 Å². The van der Waals surface area contributed by atoms with Crippen molar-refractivity contribution in [2.45, 2.75) is 0 Å². The Morgan fingerprint density at radius 2 is 1.73 bits per heavy atom. The van der Waals surface area contributed by atoms with Gasteiger partial charge in [-0.05, 0) is 24.3 Å². The summed E-state index contributed by atoms with van der Waals surface area (Å²) in [5, 5.41) is 9.02. The van der Waals surface area contributed by atoms with E-state index in [0.717, 1.165) is 0 Å². The summed E-state index contributed by atoms with van der Waals surface area (Å²) >= 11 is 0. The summed E-state index contributed by atoms with van der Waals surface area (Å²) in [6.45, 7) is 2.47. The number of hydrogen-bond acceptors (Lipinski definition) is 5. The maximum atomic E-state index is 14.0. The maximum absolute atomic E-state index is 14.0. The van der Waals surface area contributed by atoms with Gasteiger partial charge < -0.3 is 14.9 Å². The maximum Gasteiger partial charge on any atom is 0.335 e. The fraction of sp³-hybridized carbons (Fsp3) is 0.267. The predicted octanol–water partition coefficient (Wildman–Crippen LogP) is 1.64. The molecule has 1 aliphatic heterocycles. The van der Waals surface area contributed by atoms with E-state index in [0.29, 0.717) is 37.8 Å². The van der Waals surface area contributed by atoms with Crippen LogP contribution >= 0.6 is 0 Å². The van der Waals surface area contributed by atoms with E-state index in [1.54, 1.807) is 18.5 Å². The Balaban J connectivity index is 1.74. The number of hydrogen-bond donors (Lipinski definition) is 1. The molecule has 0 bridgehead atoms. The number of rotatable bonds is 3. The number of carbonyl (C=O) groups is 1. The Morgan fingerprint density at radius 1 is 1.09 bits per heavy atom. The van der Waals surface area contributed by atoms with Crippen molar-refractivity contribution in [1.29, 1.82) is 0 Å². The monoisotopic (exact) mass is 302 g/mol. The Bertz CT molecular complexity index is 672. The number of piperazine rings is 1. The quantitative estimate of drug-likeness (QED) is 0.929. The van der Waals surface area contributed by atoms with Gasteiger partial charge in [0.1, 0.15) is 5.82 Å². The van der Waals surface area contributed by atoms with Crippen LogP contribution in [0, 0.1) is 5.82 Å². The summed E-state index contributed by atoms with van der Waals surface area (Å²) < 4.78 is 14.0. The molecule has 1 aromatic heterocycles. The minimum Gasteiger partial charge on any atom is -0.478 e. The van der Waals surface area contributed by atoms with Crippen molar-refractivity contribution in [2.75, 3.05) is 36.0 Å². The van der Waals surface area contributed by atoms with E-state index in [9.17, 15) is 9.18 Å². The average molecular weight is 302 g/mol. The van der Waals surface area contributed by atoms with Gasteiger partial charge in [-0.25, -0.2) is 19.2 Å². The van der Waals surface area contributed by atoms with Gasteiger partial charge in [-0.3, -0.25) is 0 Å². The molecule has 3 rings (SSSR count). The molecular formula is C15H15FN4O2. The number of anilines is 2. The highest BCUT2D eigenvalue weighted by molar-refractivity contribution is 5.88. The zero-order valence-corrected chi connectivity index (χ0v) is 11.8. The molecule has 6 nitrogen and oxygen atoms in total. The number of carboxylic acid groups (broad SMARTS) is 1. The highest BCUT2D eigenvalue weighted by Gasteiger charge is 2.21. The Labute approximate surface area is 126 Å². The molecule has 7 heteroatoms. The number of halogens is 1. The summed E-state index contributed by atoms with van der Waals surface area (Å²) in [6.07, 6.45) is 3.37. The van der Waals surface area contributed by atoms with Gasteiger partial charge in [-0.2, -0.15) is 0 Å². The molecule has 22 heavy (non-hydrogen) atoms. The van der Waals surface area contributed by atoms with Crippen molar-refractivity contribution in [1.82, 2.24) is 9.97 Å². The Kier molecular flexibility index (Phi) is 3.86. The van der Waals surface area contributed by atoms with E-state index in [4.69, 9.17) is 5.11 Å². The first-order valence-corrected chi connectivity index (χ1v) is 6.95. The van der Waals surface area contributed by atoms with Gasteiger partial charge in [0, 0.05) is 38.6 Å². The lowest BCUT2D eigenvalue weighted by atomic mass is 10.1. The fourth-order valence-corrected chi connectivity index (χ4v) is 2.49. The lowest BCUT2D eigenvalue weighted by Crippen LogP contribution is -2.47. The molecular weight excluding hydrogens is 287 g/mol. The van der Waals surface area contributed by atoms with Crippen LogP contribution in [0.3, 0.4) is 0 Å². The van der Waals surface area contributed by atoms with Gasteiger partial charge in [0.05, 0.1) is 11.3 Å². The third-order valence-corrected chi connectivity index (χ3v) is 3.65. The molecule has 0 aliphatic carbocycles. The van der Waals surface area contributed by atoms with Gasteiger partial charge in [0.25, 0.3) is 0 Å². The normalized spacial score (nSPS) is 15.0. The SMILES string of the molecule is O=C(O)c1ccc(F)c(N2CCN(c3ncccn3)CC2)c1. The summed E-state index contributed by atoms with van der Waals surface area (Å²) in [4.78, 5) is 23.3. The van der Waals surface area contributed by atoms with Crippen LogP contribution in [0.5, 0.6) is 0 Å². The molecule has 1 N–H and O–H groups in total. The van der Waals surface area contributed by atoms with E-state index in [1.807, 2.05) is 9.80 Å². The van der Waals surface area contributed by atoms with Crippen LogP contribution in [0.25, 0.3) is 0 Å². The molecule has 2 aromatic rings. The van der Waals surface area contributed by atoms with Crippen molar-refractivity contribution in [3.8, 4) is 0 Å². The van der Waals surface area contributed by atoms with Crippen molar-refractivity contribution in [3.05, 3.63) is 48.0 Å². The zero-order valence-electron chi connectivity index (χ0n) is 11.8. The standard InChI is InChI=1S/C15H15FN4O2/c16-12-3-2-11(14(21)22)10-13(12)19-6-8-20(9-7-19)15-17-4-1-5-18-15/h1-5,10H,6-9H2,(H,21,22). The first-order valence-electron chi connectivity index (χ1n) is 6.95. The summed E-state index contributed by atoms with van der Waals surface area (Å²) in [5.74, 6) is -0.811. The second-order valence-electron chi connectivity index (χ2n) is 4.99. The topological polar surface area (TPSA) is 69.6 Å². The lowest BCUT2D eigenvalue weighted by Gasteiger charge is -2.36. The number of benzene rings is 1. The molecule has 0 amide bonds. The van der Waals surface area contributed by atoms with Crippen LogP contribution in [-0.2, 0) is 0 Å². The number of carboxylic acids is 1. The number of aromatic nitrogens is 2. The Hall–Kier alpha value is -2.70. The molecule has 0 radical (unpaired) electrons. The highest BCUT2D eigenvalue weighted by Crippen LogP contribution is 2.23. The van der Waals surface area contributed by atoms with Crippen LogP contribution in [0.4, 0.5) is 16.0 Å². The fourth-order valence-electron chi connectivity index (χ4n) is 2.49. The van der Waals surface area contributed by atoms with Gasteiger partial charge >= 0.3 is 5.97 Å². The average Bonchev–Trinajstić information content (AvgIpc) is 2.56. The molecule has 0 unspecified atom stereocenters. The van der Waals surface area contributed by atoms with Crippen LogP contribution in [-0.4, -0.2) is 47.2 Å². The molecule has 1 aliphatic rings. The van der Waals surface area contributed by atoms with E-state index >= 15 is 0 Å². The van der Waals surface area contributed by atoms with Crippen molar-refractivity contribution in [2.24, 2.45) is 0 Å². The summed E-state index contributed by atoms with van der Waals surface area (Å²) in [7, 11) is 0. The van der Waals surface area contributed by atoms with Gasteiger partial charge in [0.15, 0.2) is 0 Å².